The zero-order valence-corrected chi connectivity index (χ0v) is 23.6. The van der Waals surface area contributed by atoms with Crippen molar-refractivity contribution in [1.82, 2.24) is 9.88 Å². The van der Waals surface area contributed by atoms with E-state index in [1.807, 2.05) is 53.4 Å². The topological polar surface area (TPSA) is 111 Å². The Labute approximate surface area is 244 Å². The maximum absolute atomic E-state index is 13.9. The molecule has 1 fully saturated rings. The number of carbonyl (C=O) groups excluding carboxylic acids is 1. The van der Waals surface area contributed by atoms with E-state index in [1.54, 1.807) is 17.3 Å². The lowest BCUT2D eigenvalue weighted by molar-refractivity contribution is -0.143. The molecule has 42 heavy (non-hydrogen) atoms. The number of aromatic nitrogens is 1. The van der Waals surface area contributed by atoms with Crippen molar-refractivity contribution in [3.05, 3.63) is 72.1 Å². The molecule has 10 nitrogen and oxygen atoms in total. The molecular weight excluding hydrogens is 538 g/mol. The van der Waals surface area contributed by atoms with E-state index in [0.29, 0.717) is 48.9 Å². The molecule has 1 saturated heterocycles. The number of aryl methyl sites for hydroxylation is 1. The Bertz CT molecular complexity index is 1430. The van der Waals surface area contributed by atoms with Crippen molar-refractivity contribution < 1.29 is 33.6 Å². The van der Waals surface area contributed by atoms with Gasteiger partial charge >= 0.3 is 5.97 Å². The number of carboxylic acid groups (broad SMARTS) is 1. The highest BCUT2D eigenvalue weighted by atomic mass is 16.7. The van der Waals surface area contributed by atoms with Gasteiger partial charge in [-0.25, -0.2) is 0 Å². The van der Waals surface area contributed by atoms with Gasteiger partial charge in [-0.2, -0.15) is 0 Å². The molecule has 1 aromatic heterocycles. The van der Waals surface area contributed by atoms with Gasteiger partial charge in [-0.05, 0) is 60.7 Å². The molecule has 3 aliphatic heterocycles. The van der Waals surface area contributed by atoms with Gasteiger partial charge in [0.2, 0.25) is 19.5 Å². The summed E-state index contributed by atoms with van der Waals surface area (Å²) in [5.74, 6) is 0.645. The molecule has 0 radical (unpaired) electrons. The number of carbonyl (C=O) groups is 2. The van der Waals surface area contributed by atoms with Crippen LogP contribution in [0.5, 0.6) is 23.0 Å². The summed E-state index contributed by atoms with van der Waals surface area (Å²) in [4.78, 5) is 34.9. The van der Waals surface area contributed by atoms with E-state index in [2.05, 4.69) is 11.9 Å². The molecule has 6 rings (SSSR count). The molecule has 0 spiro atoms. The number of ether oxygens (including phenoxy) is 4. The van der Waals surface area contributed by atoms with Crippen molar-refractivity contribution >= 4 is 17.6 Å². The molecule has 3 unspecified atom stereocenters. The molecule has 10 heteroatoms. The Morgan fingerprint density at radius 3 is 2.67 bits per heavy atom. The van der Waals surface area contributed by atoms with Crippen LogP contribution in [0.4, 0.5) is 5.69 Å². The fourth-order valence-corrected chi connectivity index (χ4v) is 6.31. The highest BCUT2D eigenvalue weighted by molar-refractivity contribution is 5.94. The Morgan fingerprint density at radius 1 is 1.02 bits per heavy atom. The summed E-state index contributed by atoms with van der Waals surface area (Å²) in [5.41, 5.74) is 2.57. The number of amides is 1. The summed E-state index contributed by atoms with van der Waals surface area (Å²) in [6.07, 6.45) is 6.29. The Hall–Kier alpha value is -4.31. The van der Waals surface area contributed by atoms with E-state index in [1.165, 1.54) is 0 Å². The van der Waals surface area contributed by atoms with Crippen LogP contribution in [0.25, 0.3) is 0 Å². The molecule has 3 aliphatic rings. The highest BCUT2D eigenvalue weighted by Gasteiger charge is 2.47. The number of rotatable bonds is 11. The first-order valence-electron chi connectivity index (χ1n) is 14.5. The van der Waals surface area contributed by atoms with Gasteiger partial charge in [-0.1, -0.05) is 31.5 Å². The predicted molar refractivity (Wildman–Crippen MR) is 154 cm³/mol. The van der Waals surface area contributed by atoms with Crippen LogP contribution in [0.1, 0.15) is 43.2 Å². The largest absolute Gasteiger partial charge is 0.481 e. The summed E-state index contributed by atoms with van der Waals surface area (Å²) >= 11 is 0. The number of unbranched alkanes of at least 4 members (excludes halogenated alkanes) is 1. The van der Waals surface area contributed by atoms with Crippen molar-refractivity contribution in [3.8, 4) is 23.0 Å². The summed E-state index contributed by atoms with van der Waals surface area (Å²) in [6, 6.07) is 14.7. The Balaban J connectivity index is 1.30. The fraction of sp³-hybridized carbons (Fsp3) is 0.406. The summed E-state index contributed by atoms with van der Waals surface area (Å²) in [6.45, 7) is 3.49. The quantitative estimate of drug-likeness (QED) is 0.355. The molecule has 1 N–H and O–H groups in total. The Kier molecular flexibility index (Phi) is 8.14. The zero-order valence-electron chi connectivity index (χ0n) is 23.6. The number of para-hydroxylation sites is 1. The third kappa shape index (κ3) is 5.59. The van der Waals surface area contributed by atoms with Gasteiger partial charge in [0.1, 0.15) is 0 Å². The van der Waals surface area contributed by atoms with Gasteiger partial charge in [0.05, 0.1) is 24.3 Å². The van der Waals surface area contributed by atoms with E-state index in [0.717, 1.165) is 29.7 Å². The number of likely N-dealkylation sites (tertiary alicyclic amines) is 1. The van der Waals surface area contributed by atoms with E-state index in [-0.39, 0.29) is 38.0 Å². The van der Waals surface area contributed by atoms with Crippen LogP contribution in [0.2, 0.25) is 0 Å². The standard InChI is InChI=1S/C32H35N3O7/c1-2-3-14-35(23-7-5-13-33-16-23)29(36)18-34-17-24(22-10-12-26-28(15-22)41-19-39-26)30(32(37)38)25(34)11-9-21-6-4-8-27-31(21)42-20-40-27/h4-8,10,12-13,15-16,24-25,30H,2-3,9,11,14,17-20H2,1H3,(H,37,38). The summed E-state index contributed by atoms with van der Waals surface area (Å²) < 4.78 is 22.4. The van der Waals surface area contributed by atoms with Crippen molar-refractivity contribution in [2.24, 2.45) is 5.92 Å². The van der Waals surface area contributed by atoms with E-state index >= 15 is 0 Å². The normalized spacial score (nSPS) is 20.5. The Morgan fingerprint density at radius 2 is 1.86 bits per heavy atom. The van der Waals surface area contributed by atoms with Crippen LogP contribution in [-0.2, 0) is 16.0 Å². The van der Waals surface area contributed by atoms with Gasteiger partial charge < -0.3 is 29.0 Å². The minimum absolute atomic E-state index is 0.0748. The van der Waals surface area contributed by atoms with Crippen LogP contribution in [0.3, 0.4) is 0 Å². The monoisotopic (exact) mass is 573 g/mol. The van der Waals surface area contributed by atoms with E-state index in [9.17, 15) is 14.7 Å². The van der Waals surface area contributed by atoms with Gasteiger partial charge in [0.25, 0.3) is 0 Å². The molecular formula is C32H35N3O7. The first-order chi connectivity index (χ1) is 20.5. The van der Waals surface area contributed by atoms with Crippen molar-refractivity contribution in [1.29, 1.82) is 0 Å². The maximum Gasteiger partial charge on any atom is 0.308 e. The second-order valence-corrected chi connectivity index (χ2v) is 10.9. The van der Waals surface area contributed by atoms with Crippen LogP contribution >= 0.6 is 0 Å². The number of pyridine rings is 1. The van der Waals surface area contributed by atoms with Gasteiger partial charge in [0, 0.05) is 31.2 Å². The lowest BCUT2D eigenvalue weighted by Gasteiger charge is -2.29. The SMILES string of the molecule is CCCCN(C(=O)CN1CC(c2ccc3c(c2)OCO3)C(C(=O)O)C1CCc1cccc2c1OCO2)c1cccnc1. The lowest BCUT2D eigenvalue weighted by atomic mass is 9.83. The molecule has 3 atom stereocenters. The maximum atomic E-state index is 13.9. The second-order valence-electron chi connectivity index (χ2n) is 10.9. The molecule has 0 bridgehead atoms. The minimum Gasteiger partial charge on any atom is -0.481 e. The molecule has 2 aromatic carbocycles. The van der Waals surface area contributed by atoms with Crippen LogP contribution in [-0.4, -0.2) is 66.1 Å². The van der Waals surface area contributed by atoms with Crippen LogP contribution in [0, 0.1) is 5.92 Å². The number of hydrogen-bond donors (Lipinski definition) is 1. The minimum atomic E-state index is -0.884. The van der Waals surface area contributed by atoms with Crippen LogP contribution in [0.15, 0.2) is 60.9 Å². The van der Waals surface area contributed by atoms with Crippen molar-refractivity contribution in [2.75, 3.05) is 38.1 Å². The van der Waals surface area contributed by atoms with Gasteiger partial charge in [-0.15, -0.1) is 0 Å². The summed E-state index contributed by atoms with van der Waals surface area (Å²) in [7, 11) is 0. The average Bonchev–Trinajstić information content (AvgIpc) is 3.75. The molecule has 0 saturated carbocycles. The molecule has 4 heterocycles. The molecule has 0 aliphatic carbocycles. The number of aliphatic carboxylic acids is 1. The smallest absolute Gasteiger partial charge is 0.308 e. The highest BCUT2D eigenvalue weighted by Crippen LogP contribution is 2.44. The second kappa shape index (κ2) is 12.3. The molecule has 3 aromatic rings. The van der Waals surface area contributed by atoms with Crippen LogP contribution < -0.4 is 23.8 Å². The van der Waals surface area contributed by atoms with E-state index in [4.69, 9.17) is 18.9 Å². The number of nitrogens with zero attached hydrogens (tertiary/aromatic N) is 3. The van der Waals surface area contributed by atoms with Gasteiger partial charge in [0.15, 0.2) is 23.0 Å². The fourth-order valence-electron chi connectivity index (χ4n) is 6.31. The molecule has 1 amide bonds. The van der Waals surface area contributed by atoms with Crippen molar-refractivity contribution in [3.63, 3.8) is 0 Å². The van der Waals surface area contributed by atoms with Gasteiger partial charge in [-0.3, -0.25) is 19.5 Å². The average molecular weight is 574 g/mol. The number of hydrogen-bond acceptors (Lipinski definition) is 8. The number of anilines is 1. The first kappa shape index (κ1) is 27.8. The predicted octanol–water partition coefficient (Wildman–Crippen LogP) is 4.47. The van der Waals surface area contributed by atoms with Crippen molar-refractivity contribution in [2.45, 2.75) is 44.6 Å². The first-order valence-corrected chi connectivity index (χ1v) is 14.5. The number of benzene rings is 2. The third-order valence-electron chi connectivity index (χ3n) is 8.38. The zero-order chi connectivity index (χ0) is 29.1. The summed E-state index contributed by atoms with van der Waals surface area (Å²) in [5, 5.41) is 10.6. The number of fused-ring (bicyclic) bond motifs is 2. The lowest BCUT2D eigenvalue weighted by Crippen LogP contribution is -2.44. The third-order valence-corrected chi connectivity index (χ3v) is 8.38. The number of carboxylic acids is 1. The molecule has 220 valence electrons. The van der Waals surface area contributed by atoms with E-state index < -0.39 is 11.9 Å².